The monoisotopic (exact) mass is 399 g/mol. The lowest BCUT2D eigenvalue weighted by Crippen LogP contribution is -2.43. The molecule has 0 aliphatic carbocycles. The van der Waals surface area contributed by atoms with Gasteiger partial charge >= 0.3 is 0 Å². The Morgan fingerprint density at radius 1 is 1.26 bits per heavy atom. The number of halogens is 1. The molecular formula is C18H30BrNO2Si. The summed E-state index contributed by atoms with van der Waals surface area (Å²) in [6.07, 6.45) is 1.07. The highest BCUT2D eigenvalue weighted by molar-refractivity contribution is 9.10. The van der Waals surface area contributed by atoms with Gasteiger partial charge in [-0.25, -0.2) is 0 Å². The van der Waals surface area contributed by atoms with Crippen LogP contribution in [-0.4, -0.2) is 40.0 Å². The third-order valence-corrected chi connectivity index (χ3v) is 10.2. The van der Waals surface area contributed by atoms with Crippen molar-refractivity contribution in [1.29, 1.82) is 0 Å². The second-order valence-corrected chi connectivity index (χ2v) is 13.6. The second kappa shape index (κ2) is 7.26. The molecule has 0 saturated carbocycles. The molecule has 130 valence electrons. The van der Waals surface area contributed by atoms with Gasteiger partial charge in [0.1, 0.15) is 5.75 Å². The summed E-state index contributed by atoms with van der Waals surface area (Å²) in [5, 5.41) is 0.275. The van der Waals surface area contributed by atoms with E-state index in [-0.39, 0.29) is 5.04 Å². The minimum Gasteiger partial charge on any atom is -0.496 e. The molecule has 1 aromatic rings. The first-order valence-electron chi connectivity index (χ1n) is 8.35. The van der Waals surface area contributed by atoms with Crippen LogP contribution >= 0.6 is 15.9 Å². The van der Waals surface area contributed by atoms with Gasteiger partial charge in [-0.15, -0.1) is 0 Å². The van der Waals surface area contributed by atoms with Gasteiger partial charge < -0.3 is 9.16 Å². The van der Waals surface area contributed by atoms with E-state index in [2.05, 4.69) is 66.8 Å². The summed E-state index contributed by atoms with van der Waals surface area (Å²) in [6, 6.07) is 4.29. The van der Waals surface area contributed by atoms with Gasteiger partial charge in [0.25, 0.3) is 0 Å². The molecule has 0 radical (unpaired) electrons. The molecule has 0 spiro atoms. The van der Waals surface area contributed by atoms with Crippen LogP contribution in [0.3, 0.4) is 0 Å². The standard InChI is InChI=1S/C18H30BrNO2Si/c1-18(2,3)23(5,6)22-10-9-20-8-7-14-11-15(19)12-17(21-4)16(14)13-20/h11-12H,7-10,13H2,1-6H3. The van der Waals surface area contributed by atoms with E-state index in [4.69, 9.17) is 9.16 Å². The van der Waals surface area contributed by atoms with Crippen LogP contribution in [0.2, 0.25) is 18.1 Å². The average molecular weight is 400 g/mol. The predicted octanol–water partition coefficient (Wildman–Crippen LogP) is 4.84. The molecule has 1 aliphatic rings. The Labute approximate surface area is 150 Å². The highest BCUT2D eigenvalue weighted by atomic mass is 79.9. The van der Waals surface area contributed by atoms with Crippen molar-refractivity contribution in [2.24, 2.45) is 0 Å². The van der Waals surface area contributed by atoms with Crippen LogP contribution in [0.1, 0.15) is 31.9 Å². The maximum atomic E-state index is 6.32. The number of benzene rings is 1. The number of hydrogen-bond acceptors (Lipinski definition) is 3. The first-order valence-corrected chi connectivity index (χ1v) is 12.1. The fourth-order valence-corrected chi connectivity index (χ4v) is 4.19. The van der Waals surface area contributed by atoms with Gasteiger partial charge in [0.15, 0.2) is 8.32 Å². The van der Waals surface area contributed by atoms with Gasteiger partial charge in [0.05, 0.1) is 7.11 Å². The van der Waals surface area contributed by atoms with Crippen LogP contribution in [0.5, 0.6) is 5.75 Å². The zero-order chi connectivity index (χ0) is 17.3. The minimum atomic E-state index is -1.64. The van der Waals surface area contributed by atoms with E-state index in [1.165, 1.54) is 11.1 Å². The molecule has 0 fully saturated rings. The van der Waals surface area contributed by atoms with E-state index in [0.29, 0.717) is 0 Å². The molecule has 0 atom stereocenters. The Bertz CT molecular complexity index is 537. The fraction of sp³-hybridized carbons (Fsp3) is 0.667. The zero-order valence-electron chi connectivity index (χ0n) is 15.3. The van der Waals surface area contributed by atoms with Crippen molar-refractivity contribution in [3.63, 3.8) is 0 Å². The van der Waals surface area contributed by atoms with Crippen molar-refractivity contribution in [3.8, 4) is 5.75 Å². The molecule has 0 aromatic heterocycles. The molecule has 0 unspecified atom stereocenters. The smallest absolute Gasteiger partial charge is 0.192 e. The first kappa shape index (κ1) is 19.0. The molecule has 3 nitrogen and oxygen atoms in total. The molecule has 1 heterocycles. The fourth-order valence-electron chi connectivity index (χ4n) is 2.67. The minimum absolute atomic E-state index is 0.275. The number of hydrogen-bond donors (Lipinski definition) is 0. The Morgan fingerprint density at radius 3 is 2.57 bits per heavy atom. The van der Waals surface area contributed by atoms with Crippen molar-refractivity contribution in [2.75, 3.05) is 26.8 Å². The van der Waals surface area contributed by atoms with Gasteiger partial charge in [-0.05, 0) is 42.2 Å². The lowest BCUT2D eigenvalue weighted by molar-refractivity contribution is 0.185. The number of fused-ring (bicyclic) bond motifs is 1. The molecule has 0 amide bonds. The molecule has 1 aliphatic heterocycles. The molecule has 0 N–H and O–H groups in total. The Hall–Kier alpha value is -0.363. The Kier molecular flexibility index (Phi) is 5.98. The molecule has 23 heavy (non-hydrogen) atoms. The summed E-state index contributed by atoms with van der Waals surface area (Å²) < 4.78 is 13.0. The predicted molar refractivity (Wildman–Crippen MR) is 103 cm³/mol. The van der Waals surface area contributed by atoms with Gasteiger partial charge in [-0.3, -0.25) is 4.90 Å². The maximum Gasteiger partial charge on any atom is 0.192 e. The Balaban J connectivity index is 1.96. The average Bonchev–Trinajstić information content (AvgIpc) is 2.45. The van der Waals surface area contributed by atoms with Gasteiger partial charge in [0.2, 0.25) is 0 Å². The quantitative estimate of drug-likeness (QED) is 0.661. The molecule has 1 aromatic carbocycles. The van der Waals surface area contributed by atoms with E-state index in [0.717, 1.165) is 42.9 Å². The summed E-state index contributed by atoms with van der Waals surface area (Å²) >= 11 is 3.57. The number of methoxy groups -OCH3 is 1. The van der Waals surface area contributed by atoms with E-state index in [1.54, 1.807) is 7.11 Å². The molecule has 2 rings (SSSR count). The SMILES string of the molecule is COc1cc(Br)cc2c1CN(CCO[Si](C)(C)C(C)(C)C)CC2. The van der Waals surface area contributed by atoms with Crippen LogP contribution < -0.4 is 4.74 Å². The summed E-state index contributed by atoms with van der Waals surface area (Å²) in [5.41, 5.74) is 2.73. The van der Waals surface area contributed by atoms with Gasteiger partial charge in [-0.2, -0.15) is 0 Å². The maximum absolute atomic E-state index is 6.32. The number of rotatable bonds is 5. The summed E-state index contributed by atoms with van der Waals surface area (Å²) in [7, 11) is 0.108. The largest absolute Gasteiger partial charge is 0.496 e. The van der Waals surface area contributed by atoms with E-state index >= 15 is 0 Å². The highest BCUT2D eigenvalue weighted by Crippen LogP contribution is 2.36. The van der Waals surface area contributed by atoms with Gasteiger partial charge in [0, 0.05) is 36.3 Å². The van der Waals surface area contributed by atoms with Crippen LogP contribution in [-0.2, 0) is 17.4 Å². The van der Waals surface area contributed by atoms with Crippen LogP contribution in [0, 0.1) is 0 Å². The van der Waals surface area contributed by atoms with Gasteiger partial charge in [-0.1, -0.05) is 36.7 Å². The van der Waals surface area contributed by atoms with Crippen molar-refractivity contribution in [2.45, 2.75) is 51.9 Å². The van der Waals surface area contributed by atoms with Crippen molar-refractivity contribution in [3.05, 3.63) is 27.7 Å². The van der Waals surface area contributed by atoms with Crippen molar-refractivity contribution >= 4 is 24.2 Å². The first-order chi connectivity index (χ1) is 10.6. The van der Waals surface area contributed by atoms with E-state index in [1.807, 2.05) is 0 Å². The molecular weight excluding hydrogens is 370 g/mol. The third kappa shape index (κ3) is 4.59. The number of ether oxygens (including phenoxy) is 1. The zero-order valence-corrected chi connectivity index (χ0v) is 17.9. The number of nitrogens with zero attached hydrogens (tertiary/aromatic N) is 1. The molecule has 5 heteroatoms. The molecule has 0 saturated heterocycles. The van der Waals surface area contributed by atoms with Crippen LogP contribution in [0.25, 0.3) is 0 Å². The van der Waals surface area contributed by atoms with Crippen LogP contribution in [0.4, 0.5) is 0 Å². The third-order valence-electron chi connectivity index (χ3n) is 5.24. The van der Waals surface area contributed by atoms with Crippen molar-refractivity contribution in [1.82, 2.24) is 4.90 Å². The highest BCUT2D eigenvalue weighted by Gasteiger charge is 2.37. The summed E-state index contributed by atoms with van der Waals surface area (Å²) in [4.78, 5) is 2.48. The van der Waals surface area contributed by atoms with E-state index in [9.17, 15) is 0 Å². The van der Waals surface area contributed by atoms with E-state index < -0.39 is 8.32 Å². The van der Waals surface area contributed by atoms with Crippen LogP contribution in [0.15, 0.2) is 16.6 Å². The lowest BCUT2D eigenvalue weighted by atomic mass is 9.99. The second-order valence-electron chi connectivity index (χ2n) is 7.88. The lowest BCUT2D eigenvalue weighted by Gasteiger charge is -2.37. The topological polar surface area (TPSA) is 21.7 Å². The Morgan fingerprint density at radius 2 is 1.96 bits per heavy atom. The van der Waals surface area contributed by atoms with Crippen molar-refractivity contribution < 1.29 is 9.16 Å². The summed E-state index contributed by atoms with van der Waals surface area (Å²) in [6.45, 7) is 15.4. The molecule has 0 bridgehead atoms. The summed E-state index contributed by atoms with van der Waals surface area (Å²) in [5.74, 6) is 0.990. The normalized spacial score (nSPS) is 16.3.